The summed E-state index contributed by atoms with van der Waals surface area (Å²) in [6, 6.07) is 10.5. The Balaban J connectivity index is 1.93. The summed E-state index contributed by atoms with van der Waals surface area (Å²) < 4.78 is 17.7. The van der Waals surface area contributed by atoms with Crippen molar-refractivity contribution in [3.8, 4) is 0 Å². The lowest BCUT2D eigenvalue weighted by molar-refractivity contribution is 0.315. The molecular weight excluding hydrogens is 257 g/mol. The van der Waals surface area contributed by atoms with Crippen LogP contribution >= 0.6 is 0 Å². The molecule has 20 heavy (non-hydrogen) atoms. The summed E-state index contributed by atoms with van der Waals surface area (Å²) in [6.45, 7) is 2.66. The van der Waals surface area contributed by atoms with Gasteiger partial charge in [0.25, 0.3) is 0 Å². The van der Waals surface area contributed by atoms with E-state index in [1.807, 2.05) is 31.0 Å². The molecule has 0 amide bonds. The number of aryl methyl sites for hydroxylation is 1. The molecule has 0 saturated heterocycles. The maximum Gasteiger partial charge on any atom is 0.158 e. The van der Waals surface area contributed by atoms with Crippen LogP contribution in [0, 0.1) is 12.7 Å². The zero-order valence-electron chi connectivity index (χ0n) is 11.3. The molecule has 3 aromatic rings. The number of hydrogen-bond acceptors (Lipinski definition) is 4. The summed E-state index contributed by atoms with van der Waals surface area (Å²) in [5, 5.41) is 7.83. The van der Waals surface area contributed by atoms with E-state index in [2.05, 4.69) is 10.3 Å². The first-order chi connectivity index (χ1) is 9.63. The van der Waals surface area contributed by atoms with Crippen molar-refractivity contribution in [1.82, 2.24) is 10.3 Å². The normalized spacial score (nSPS) is 10.9. The largest absolute Gasteiger partial charge is 0.368 e. The van der Waals surface area contributed by atoms with E-state index in [0.29, 0.717) is 6.54 Å². The Bertz CT molecular complexity index is 736. The van der Waals surface area contributed by atoms with Gasteiger partial charge in [-0.1, -0.05) is 12.1 Å². The van der Waals surface area contributed by atoms with Crippen LogP contribution in [0.4, 0.5) is 10.1 Å². The van der Waals surface area contributed by atoms with Gasteiger partial charge in [0.2, 0.25) is 0 Å². The molecule has 0 radical (unpaired) electrons. The summed E-state index contributed by atoms with van der Waals surface area (Å²) in [6.07, 6.45) is 0. The highest BCUT2D eigenvalue weighted by Gasteiger charge is 2.12. The van der Waals surface area contributed by atoms with E-state index in [9.17, 15) is 4.39 Å². The Hall–Kier alpha value is -2.43. The van der Waals surface area contributed by atoms with Gasteiger partial charge in [-0.05, 0) is 52.6 Å². The average molecular weight is 271 g/mol. The van der Waals surface area contributed by atoms with Gasteiger partial charge in [-0.3, -0.25) is 0 Å². The predicted molar refractivity (Wildman–Crippen MR) is 75.0 cm³/mol. The average Bonchev–Trinajstić information content (AvgIpc) is 2.88. The van der Waals surface area contributed by atoms with Crippen LogP contribution in [0.5, 0.6) is 0 Å². The topological polar surface area (TPSA) is 42.2 Å². The third-order valence-corrected chi connectivity index (χ3v) is 3.23. The molecule has 0 aliphatic heterocycles. The van der Waals surface area contributed by atoms with Crippen molar-refractivity contribution in [2.24, 2.45) is 0 Å². The zero-order valence-corrected chi connectivity index (χ0v) is 11.3. The van der Waals surface area contributed by atoms with Crippen molar-refractivity contribution in [3.63, 3.8) is 0 Å². The zero-order chi connectivity index (χ0) is 14.1. The van der Waals surface area contributed by atoms with Gasteiger partial charge in [0.15, 0.2) is 5.52 Å². The highest BCUT2D eigenvalue weighted by Crippen LogP contribution is 2.26. The first kappa shape index (κ1) is 12.6. The fraction of sp³-hybridized carbons (Fsp3) is 0.200. The van der Waals surface area contributed by atoms with Crippen molar-refractivity contribution in [2.75, 3.05) is 11.9 Å². The van der Waals surface area contributed by atoms with E-state index < -0.39 is 0 Å². The van der Waals surface area contributed by atoms with Crippen molar-refractivity contribution in [3.05, 3.63) is 53.3 Å². The maximum atomic E-state index is 12.9. The van der Waals surface area contributed by atoms with Crippen LogP contribution in [0.3, 0.4) is 0 Å². The molecule has 0 saturated carbocycles. The summed E-state index contributed by atoms with van der Waals surface area (Å²) in [5.74, 6) is -0.227. The van der Waals surface area contributed by atoms with Gasteiger partial charge in [-0.15, -0.1) is 0 Å². The number of fused-ring (bicyclic) bond motifs is 1. The smallest absolute Gasteiger partial charge is 0.158 e. The van der Waals surface area contributed by atoms with E-state index in [1.165, 1.54) is 12.1 Å². The SMILES string of the molecule is Cc1cc(N(C)Cc2ccc(F)cc2)c2nonc2c1. The molecule has 0 unspecified atom stereocenters. The first-order valence-corrected chi connectivity index (χ1v) is 6.32. The van der Waals surface area contributed by atoms with Crippen molar-refractivity contribution in [2.45, 2.75) is 13.5 Å². The van der Waals surface area contributed by atoms with Gasteiger partial charge in [-0.25, -0.2) is 9.02 Å². The molecule has 0 N–H and O–H groups in total. The third-order valence-electron chi connectivity index (χ3n) is 3.23. The predicted octanol–water partition coefficient (Wildman–Crippen LogP) is 3.31. The van der Waals surface area contributed by atoms with Crippen molar-refractivity contribution < 1.29 is 9.02 Å². The number of benzene rings is 2. The Kier molecular flexibility index (Phi) is 3.10. The van der Waals surface area contributed by atoms with E-state index >= 15 is 0 Å². The standard InChI is InChI=1S/C15H14FN3O/c1-10-7-13-15(18-20-17-13)14(8-10)19(2)9-11-3-5-12(16)6-4-11/h3-8H,9H2,1-2H3. The molecule has 4 nitrogen and oxygen atoms in total. The van der Waals surface area contributed by atoms with E-state index in [-0.39, 0.29) is 5.82 Å². The number of nitrogens with zero attached hydrogens (tertiary/aromatic N) is 3. The Labute approximate surface area is 115 Å². The highest BCUT2D eigenvalue weighted by molar-refractivity contribution is 5.88. The van der Waals surface area contributed by atoms with Crippen LogP contribution < -0.4 is 4.90 Å². The lowest BCUT2D eigenvalue weighted by atomic mass is 10.1. The van der Waals surface area contributed by atoms with Crippen LogP contribution in [0.25, 0.3) is 11.0 Å². The van der Waals surface area contributed by atoms with Crippen LogP contribution in [0.15, 0.2) is 41.0 Å². The van der Waals surface area contributed by atoms with Crippen LogP contribution in [-0.2, 0) is 6.54 Å². The molecule has 5 heteroatoms. The molecule has 1 aromatic heterocycles. The maximum absolute atomic E-state index is 12.9. The molecule has 3 rings (SSSR count). The van der Waals surface area contributed by atoms with E-state index in [4.69, 9.17) is 4.63 Å². The Morgan fingerprint density at radius 3 is 2.65 bits per heavy atom. The summed E-state index contributed by atoms with van der Waals surface area (Å²) >= 11 is 0. The molecule has 0 bridgehead atoms. The summed E-state index contributed by atoms with van der Waals surface area (Å²) in [5.41, 5.74) is 4.55. The molecule has 0 atom stereocenters. The second-order valence-electron chi connectivity index (χ2n) is 4.90. The van der Waals surface area contributed by atoms with Gasteiger partial charge in [-0.2, -0.15) is 0 Å². The molecule has 0 aliphatic carbocycles. The number of aromatic nitrogens is 2. The minimum atomic E-state index is -0.227. The number of rotatable bonds is 3. The minimum Gasteiger partial charge on any atom is -0.368 e. The first-order valence-electron chi connectivity index (χ1n) is 6.32. The van der Waals surface area contributed by atoms with Gasteiger partial charge >= 0.3 is 0 Å². The van der Waals surface area contributed by atoms with Crippen LogP contribution in [0.1, 0.15) is 11.1 Å². The fourth-order valence-electron chi connectivity index (χ4n) is 2.25. The second kappa shape index (κ2) is 4.92. The Morgan fingerprint density at radius 1 is 1.15 bits per heavy atom. The number of hydrogen-bond donors (Lipinski definition) is 0. The summed E-state index contributed by atoms with van der Waals surface area (Å²) in [4.78, 5) is 2.05. The molecule has 2 aromatic carbocycles. The molecule has 0 aliphatic rings. The van der Waals surface area contributed by atoms with Gasteiger partial charge < -0.3 is 4.90 Å². The van der Waals surface area contributed by atoms with E-state index in [0.717, 1.165) is 27.8 Å². The minimum absolute atomic E-state index is 0.227. The third kappa shape index (κ3) is 2.34. The number of anilines is 1. The lowest BCUT2D eigenvalue weighted by Gasteiger charge is -2.19. The quantitative estimate of drug-likeness (QED) is 0.733. The van der Waals surface area contributed by atoms with Gasteiger partial charge in [0.05, 0.1) is 5.69 Å². The van der Waals surface area contributed by atoms with Gasteiger partial charge in [0, 0.05) is 13.6 Å². The molecule has 0 spiro atoms. The van der Waals surface area contributed by atoms with Gasteiger partial charge in [0.1, 0.15) is 11.3 Å². The highest BCUT2D eigenvalue weighted by atomic mass is 19.1. The second-order valence-corrected chi connectivity index (χ2v) is 4.90. The Morgan fingerprint density at radius 2 is 1.90 bits per heavy atom. The summed E-state index contributed by atoms with van der Waals surface area (Å²) in [7, 11) is 1.96. The monoisotopic (exact) mass is 271 g/mol. The molecule has 0 fully saturated rings. The van der Waals surface area contributed by atoms with Crippen molar-refractivity contribution >= 4 is 16.7 Å². The molecular formula is C15H14FN3O. The van der Waals surface area contributed by atoms with E-state index in [1.54, 1.807) is 12.1 Å². The molecule has 1 heterocycles. The number of halogens is 1. The van der Waals surface area contributed by atoms with Crippen LogP contribution in [-0.4, -0.2) is 17.4 Å². The van der Waals surface area contributed by atoms with Crippen LogP contribution in [0.2, 0.25) is 0 Å². The fourth-order valence-corrected chi connectivity index (χ4v) is 2.25. The lowest BCUT2D eigenvalue weighted by Crippen LogP contribution is -2.16. The van der Waals surface area contributed by atoms with Crippen molar-refractivity contribution in [1.29, 1.82) is 0 Å². The molecule has 102 valence electrons.